The summed E-state index contributed by atoms with van der Waals surface area (Å²) in [5.41, 5.74) is 3.39. The summed E-state index contributed by atoms with van der Waals surface area (Å²) in [6.45, 7) is 7.00. The van der Waals surface area contributed by atoms with Crippen LogP contribution in [0.4, 0.5) is 11.8 Å². The van der Waals surface area contributed by atoms with Crippen molar-refractivity contribution >= 4 is 29.0 Å². The molecule has 0 radical (unpaired) electrons. The Morgan fingerprint density at radius 2 is 2.04 bits per heavy atom. The molecule has 1 saturated heterocycles. The van der Waals surface area contributed by atoms with E-state index in [4.69, 9.17) is 0 Å². The number of anilines is 2. The third-order valence-electron chi connectivity index (χ3n) is 3.92. The van der Waals surface area contributed by atoms with Gasteiger partial charge in [0.2, 0.25) is 5.95 Å². The van der Waals surface area contributed by atoms with Gasteiger partial charge in [-0.1, -0.05) is 0 Å². The number of hydrogen-bond donors (Lipinski definition) is 2. The van der Waals surface area contributed by atoms with Crippen LogP contribution in [-0.2, 0) is 0 Å². The lowest BCUT2D eigenvalue weighted by Gasteiger charge is -2.17. The summed E-state index contributed by atoms with van der Waals surface area (Å²) in [6.07, 6.45) is 2.43. The maximum atomic E-state index is 12.0. The Bertz CT molecular complexity index is 710. The third kappa shape index (κ3) is 4.00. The van der Waals surface area contributed by atoms with Crippen LogP contribution in [0.15, 0.2) is 11.6 Å². The number of nitrogens with zero attached hydrogens (tertiary/aromatic N) is 4. The molecule has 0 atom stereocenters. The number of nitrogens with one attached hydrogen (secondary N) is 2. The number of carbonyl (C=O) groups is 1. The number of rotatable bonds is 6. The second-order valence-corrected chi connectivity index (χ2v) is 6.69. The highest BCUT2D eigenvalue weighted by atomic mass is 32.1. The van der Waals surface area contributed by atoms with Crippen LogP contribution in [-0.4, -0.2) is 47.0 Å². The molecule has 0 aromatic carbocycles. The number of amides is 1. The smallest absolute Gasteiger partial charge is 0.263 e. The van der Waals surface area contributed by atoms with Gasteiger partial charge >= 0.3 is 0 Å². The van der Waals surface area contributed by atoms with E-state index in [0.29, 0.717) is 23.9 Å². The molecular formula is C16H22N6OS. The largest absolute Gasteiger partial charge is 0.356 e. The summed E-state index contributed by atoms with van der Waals surface area (Å²) >= 11 is 1.36. The molecule has 7 nitrogen and oxygen atoms in total. The number of hydrogen-bond acceptors (Lipinski definition) is 7. The van der Waals surface area contributed by atoms with E-state index in [-0.39, 0.29) is 5.91 Å². The van der Waals surface area contributed by atoms with Gasteiger partial charge in [-0.2, -0.15) is 4.98 Å². The lowest BCUT2D eigenvalue weighted by atomic mass is 10.4. The average Bonchev–Trinajstić information content (AvgIpc) is 3.22. The minimum Gasteiger partial charge on any atom is -0.356 e. The summed E-state index contributed by atoms with van der Waals surface area (Å²) in [5, 5.41) is 6.07. The van der Waals surface area contributed by atoms with E-state index in [9.17, 15) is 4.79 Å². The fraction of sp³-hybridized carbons (Fsp3) is 0.500. The molecule has 3 rings (SSSR count). The van der Waals surface area contributed by atoms with Gasteiger partial charge in [-0.3, -0.25) is 4.79 Å². The molecule has 3 heterocycles. The first-order chi connectivity index (χ1) is 11.6. The van der Waals surface area contributed by atoms with Crippen molar-refractivity contribution in [2.24, 2.45) is 0 Å². The average molecular weight is 346 g/mol. The summed E-state index contributed by atoms with van der Waals surface area (Å²) < 4.78 is 0. The molecular weight excluding hydrogens is 324 g/mol. The fourth-order valence-electron chi connectivity index (χ4n) is 2.69. The van der Waals surface area contributed by atoms with Crippen molar-refractivity contribution in [3.05, 3.63) is 27.8 Å². The minimum absolute atomic E-state index is 0.0836. The SMILES string of the molecule is Cc1cc(N2CCCC2)nc(NCCNC(=O)c2scnc2C)n1. The Morgan fingerprint density at radius 1 is 1.25 bits per heavy atom. The summed E-state index contributed by atoms with van der Waals surface area (Å²) in [6, 6.07) is 2.02. The Kier molecular flexibility index (Phi) is 5.24. The van der Waals surface area contributed by atoms with Gasteiger partial charge < -0.3 is 15.5 Å². The maximum Gasteiger partial charge on any atom is 0.263 e. The predicted molar refractivity (Wildman–Crippen MR) is 95.9 cm³/mol. The fourth-order valence-corrected chi connectivity index (χ4v) is 3.41. The summed E-state index contributed by atoms with van der Waals surface area (Å²) in [5.74, 6) is 1.51. The standard InChI is InChI=1S/C16H22N6OS/c1-11-9-13(22-7-3-4-8-22)21-16(20-11)18-6-5-17-15(23)14-12(2)19-10-24-14/h9-10H,3-8H2,1-2H3,(H,17,23)(H,18,20,21). The highest BCUT2D eigenvalue weighted by molar-refractivity contribution is 7.11. The van der Waals surface area contributed by atoms with Gasteiger partial charge in [0.25, 0.3) is 5.91 Å². The van der Waals surface area contributed by atoms with Crippen LogP contribution in [0.2, 0.25) is 0 Å². The van der Waals surface area contributed by atoms with Gasteiger partial charge in [0.1, 0.15) is 10.7 Å². The van der Waals surface area contributed by atoms with Crippen molar-refractivity contribution in [3.63, 3.8) is 0 Å². The van der Waals surface area contributed by atoms with Crippen LogP contribution < -0.4 is 15.5 Å². The molecule has 0 aliphatic carbocycles. The van der Waals surface area contributed by atoms with Gasteiger partial charge in [-0.15, -0.1) is 11.3 Å². The molecule has 1 amide bonds. The zero-order valence-electron chi connectivity index (χ0n) is 14.0. The molecule has 0 bridgehead atoms. The highest BCUT2D eigenvalue weighted by Gasteiger charge is 2.15. The normalized spacial score (nSPS) is 14.0. The molecule has 0 saturated carbocycles. The zero-order chi connectivity index (χ0) is 16.9. The Hall–Kier alpha value is -2.22. The number of aryl methyl sites for hydroxylation is 2. The van der Waals surface area contributed by atoms with Crippen molar-refractivity contribution in [2.75, 3.05) is 36.4 Å². The van der Waals surface area contributed by atoms with Crippen LogP contribution in [0.1, 0.15) is 33.9 Å². The van der Waals surface area contributed by atoms with Crippen molar-refractivity contribution in [1.29, 1.82) is 0 Å². The molecule has 1 fully saturated rings. The van der Waals surface area contributed by atoms with E-state index in [0.717, 1.165) is 30.3 Å². The monoisotopic (exact) mass is 346 g/mol. The van der Waals surface area contributed by atoms with Gasteiger partial charge in [0.05, 0.1) is 11.2 Å². The van der Waals surface area contributed by atoms with Gasteiger partial charge in [-0.25, -0.2) is 9.97 Å². The van der Waals surface area contributed by atoms with Crippen molar-refractivity contribution in [2.45, 2.75) is 26.7 Å². The maximum absolute atomic E-state index is 12.0. The van der Waals surface area contributed by atoms with Crippen molar-refractivity contribution in [1.82, 2.24) is 20.3 Å². The van der Waals surface area contributed by atoms with Crippen LogP contribution in [0, 0.1) is 13.8 Å². The Labute approximate surface area is 145 Å². The summed E-state index contributed by atoms with van der Waals surface area (Å²) in [7, 11) is 0. The number of carbonyl (C=O) groups excluding carboxylic acids is 1. The number of thiazole rings is 1. The molecule has 2 aromatic rings. The second kappa shape index (κ2) is 7.57. The number of aromatic nitrogens is 3. The minimum atomic E-state index is -0.0836. The second-order valence-electron chi connectivity index (χ2n) is 5.83. The highest BCUT2D eigenvalue weighted by Crippen LogP contribution is 2.19. The first-order valence-electron chi connectivity index (χ1n) is 8.16. The Balaban J connectivity index is 1.51. The van der Waals surface area contributed by atoms with Crippen LogP contribution in [0.25, 0.3) is 0 Å². The molecule has 2 N–H and O–H groups in total. The van der Waals surface area contributed by atoms with E-state index in [1.807, 2.05) is 19.9 Å². The van der Waals surface area contributed by atoms with Gasteiger partial charge in [-0.05, 0) is 26.7 Å². The van der Waals surface area contributed by atoms with Crippen LogP contribution in [0.5, 0.6) is 0 Å². The van der Waals surface area contributed by atoms with Crippen LogP contribution >= 0.6 is 11.3 Å². The van der Waals surface area contributed by atoms with E-state index in [2.05, 4.69) is 30.5 Å². The van der Waals surface area contributed by atoms with Gasteiger partial charge in [0, 0.05) is 37.9 Å². The molecule has 24 heavy (non-hydrogen) atoms. The van der Waals surface area contributed by atoms with Gasteiger partial charge in [0.15, 0.2) is 0 Å². The lowest BCUT2D eigenvalue weighted by molar-refractivity contribution is 0.0958. The van der Waals surface area contributed by atoms with E-state index in [1.165, 1.54) is 24.2 Å². The predicted octanol–water partition coefficient (Wildman–Crippen LogP) is 1.99. The first-order valence-corrected chi connectivity index (χ1v) is 9.04. The zero-order valence-corrected chi connectivity index (χ0v) is 14.8. The topological polar surface area (TPSA) is 83.0 Å². The first kappa shape index (κ1) is 16.6. The lowest BCUT2D eigenvalue weighted by Crippen LogP contribution is -2.29. The quantitative estimate of drug-likeness (QED) is 0.779. The summed E-state index contributed by atoms with van der Waals surface area (Å²) in [4.78, 5) is 28.0. The van der Waals surface area contributed by atoms with E-state index in [1.54, 1.807) is 5.51 Å². The van der Waals surface area contributed by atoms with Crippen molar-refractivity contribution < 1.29 is 4.79 Å². The third-order valence-corrected chi connectivity index (χ3v) is 4.84. The Morgan fingerprint density at radius 3 is 2.75 bits per heavy atom. The van der Waals surface area contributed by atoms with E-state index >= 15 is 0 Å². The molecule has 0 spiro atoms. The molecule has 2 aromatic heterocycles. The van der Waals surface area contributed by atoms with Crippen molar-refractivity contribution in [3.8, 4) is 0 Å². The van der Waals surface area contributed by atoms with Crippen LogP contribution in [0.3, 0.4) is 0 Å². The molecule has 8 heteroatoms. The molecule has 128 valence electrons. The molecule has 0 unspecified atom stereocenters. The molecule has 1 aliphatic heterocycles. The van der Waals surface area contributed by atoms with E-state index < -0.39 is 0 Å². The molecule has 1 aliphatic rings.